The summed E-state index contributed by atoms with van der Waals surface area (Å²) in [5.74, 6) is -10.7. The van der Waals surface area contributed by atoms with Gasteiger partial charge in [-0.25, -0.2) is 26.3 Å². The molecule has 220 valence electrons. The maximum absolute atomic E-state index is 15.0. The molecular formula is C30H26F8O3. The van der Waals surface area contributed by atoms with Crippen LogP contribution in [0.2, 0.25) is 0 Å². The van der Waals surface area contributed by atoms with Crippen LogP contribution in [-0.4, -0.2) is 19.3 Å². The predicted octanol–water partition coefficient (Wildman–Crippen LogP) is 8.82. The lowest BCUT2D eigenvalue weighted by Crippen LogP contribution is -2.37. The summed E-state index contributed by atoms with van der Waals surface area (Å²) in [5, 5.41) is 0. The number of hydrogen-bond acceptors (Lipinski definition) is 3. The van der Waals surface area contributed by atoms with E-state index in [1.165, 1.54) is 6.07 Å². The van der Waals surface area contributed by atoms with Crippen LogP contribution in [0.25, 0.3) is 11.1 Å². The number of halogens is 8. The third kappa shape index (κ3) is 6.21. The van der Waals surface area contributed by atoms with Gasteiger partial charge >= 0.3 is 6.11 Å². The molecule has 1 aliphatic heterocycles. The van der Waals surface area contributed by atoms with Crippen LogP contribution in [0, 0.1) is 46.7 Å². The molecular weight excluding hydrogens is 560 g/mol. The molecule has 0 bridgehead atoms. The molecule has 2 fully saturated rings. The zero-order chi connectivity index (χ0) is 29.5. The molecule has 2 aliphatic rings. The van der Waals surface area contributed by atoms with Crippen molar-refractivity contribution in [3.05, 3.63) is 88.5 Å². The standard InChI is InChI=1S/C30H26F8O3/c1-15-13-39-29(40-14-15)17-4-7-21(22(31)8-17)16-2-5-19(6-3-16)30(37,38)41-20-11-23(32)27(24(33)12-20)18-9-25(34)28(36)26(35)10-18/h4,7-12,15-16,19,29H,2-3,5-6,13-14H2,1H3. The molecule has 0 spiro atoms. The largest absolute Gasteiger partial charge is 0.432 e. The van der Waals surface area contributed by atoms with Gasteiger partial charge in [0.2, 0.25) is 0 Å². The second kappa shape index (κ2) is 11.6. The van der Waals surface area contributed by atoms with Gasteiger partial charge < -0.3 is 14.2 Å². The molecule has 1 aliphatic carbocycles. The summed E-state index contributed by atoms with van der Waals surface area (Å²) >= 11 is 0. The molecule has 1 saturated heterocycles. The molecule has 3 nitrogen and oxygen atoms in total. The van der Waals surface area contributed by atoms with Gasteiger partial charge in [-0.1, -0.05) is 19.1 Å². The van der Waals surface area contributed by atoms with Gasteiger partial charge in [-0.05, 0) is 60.9 Å². The van der Waals surface area contributed by atoms with E-state index in [9.17, 15) is 26.3 Å². The first-order valence-corrected chi connectivity index (χ1v) is 13.2. The first-order valence-electron chi connectivity index (χ1n) is 13.2. The normalized spacial score (nSPS) is 23.4. The van der Waals surface area contributed by atoms with Crippen LogP contribution in [0.1, 0.15) is 55.9 Å². The van der Waals surface area contributed by atoms with Crippen LogP contribution in [0.5, 0.6) is 5.75 Å². The highest BCUT2D eigenvalue weighted by Gasteiger charge is 2.44. The van der Waals surface area contributed by atoms with Crippen LogP contribution in [-0.2, 0) is 9.47 Å². The van der Waals surface area contributed by atoms with Gasteiger partial charge in [-0.15, -0.1) is 0 Å². The number of ether oxygens (including phenoxy) is 3. The third-order valence-corrected chi connectivity index (χ3v) is 7.55. The van der Waals surface area contributed by atoms with Gasteiger partial charge in [0, 0.05) is 23.6 Å². The summed E-state index contributed by atoms with van der Waals surface area (Å²) in [6.45, 7) is 2.96. The SMILES string of the molecule is CC1COC(c2ccc(C3CCC(C(F)(F)Oc4cc(F)c(-c5cc(F)c(F)c(F)c5)c(F)c4)CC3)c(F)c2)OC1. The number of benzene rings is 3. The van der Waals surface area contributed by atoms with Gasteiger partial charge in [-0.2, -0.15) is 8.78 Å². The van der Waals surface area contributed by atoms with E-state index < -0.39 is 70.1 Å². The lowest BCUT2D eigenvalue weighted by Gasteiger charge is -2.34. The highest BCUT2D eigenvalue weighted by molar-refractivity contribution is 5.66. The first kappa shape index (κ1) is 29.3. The Hall–Kier alpha value is -3.18. The van der Waals surface area contributed by atoms with E-state index >= 15 is 8.78 Å². The maximum atomic E-state index is 15.0. The van der Waals surface area contributed by atoms with E-state index in [0.717, 1.165) is 0 Å². The summed E-state index contributed by atoms with van der Waals surface area (Å²) in [4.78, 5) is 0. The van der Waals surface area contributed by atoms with E-state index in [1.54, 1.807) is 12.1 Å². The minimum atomic E-state index is -3.81. The quantitative estimate of drug-likeness (QED) is 0.213. The summed E-state index contributed by atoms with van der Waals surface area (Å²) in [5.41, 5.74) is -0.647. The zero-order valence-corrected chi connectivity index (χ0v) is 21.8. The highest BCUT2D eigenvalue weighted by atomic mass is 19.3. The lowest BCUT2D eigenvalue weighted by atomic mass is 9.78. The van der Waals surface area contributed by atoms with E-state index in [0.29, 0.717) is 48.6 Å². The molecule has 0 unspecified atom stereocenters. The third-order valence-electron chi connectivity index (χ3n) is 7.55. The molecule has 3 aromatic carbocycles. The van der Waals surface area contributed by atoms with Crippen LogP contribution < -0.4 is 4.74 Å². The van der Waals surface area contributed by atoms with Gasteiger partial charge in [0.15, 0.2) is 23.7 Å². The second-order valence-electron chi connectivity index (χ2n) is 10.6. The van der Waals surface area contributed by atoms with Crippen molar-refractivity contribution in [2.45, 2.75) is 50.9 Å². The monoisotopic (exact) mass is 586 g/mol. The Bertz CT molecular complexity index is 1370. The molecule has 3 aromatic rings. The Labute approximate surface area is 231 Å². The molecule has 41 heavy (non-hydrogen) atoms. The summed E-state index contributed by atoms with van der Waals surface area (Å²) < 4.78 is 131. The highest BCUT2D eigenvalue weighted by Crippen LogP contribution is 2.44. The van der Waals surface area contributed by atoms with E-state index in [-0.39, 0.29) is 37.5 Å². The maximum Gasteiger partial charge on any atom is 0.400 e. The topological polar surface area (TPSA) is 27.7 Å². The average molecular weight is 587 g/mol. The molecule has 0 aromatic heterocycles. The minimum Gasteiger partial charge on any atom is -0.432 e. The van der Waals surface area contributed by atoms with Crippen molar-refractivity contribution in [2.75, 3.05) is 13.2 Å². The molecule has 1 heterocycles. The number of rotatable bonds is 6. The van der Waals surface area contributed by atoms with Crippen molar-refractivity contribution < 1.29 is 49.3 Å². The molecule has 0 N–H and O–H groups in total. The Morgan fingerprint density at radius 3 is 1.88 bits per heavy atom. The second-order valence-corrected chi connectivity index (χ2v) is 10.6. The number of hydrogen-bond donors (Lipinski definition) is 0. The fraction of sp³-hybridized carbons (Fsp3) is 0.400. The molecule has 1 saturated carbocycles. The molecule has 0 amide bonds. The molecule has 0 radical (unpaired) electrons. The fourth-order valence-electron chi connectivity index (χ4n) is 5.38. The average Bonchev–Trinajstić information content (AvgIpc) is 2.91. The van der Waals surface area contributed by atoms with E-state index in [2.05, 4.69) is 0 Å². The first-order chi connectivity index (χ1) is 19.4. The Morgan fingerprint density at radius 2 is 1.32 bits per heavy atom. The predicted molar refractivity (Wildman–Crippen MR) is 132 cm³/mol. The Balaban J connectivity index is 1.24. The van der Waals surface area contributed by atoms with Crippen molar-refractivity contribution in [3.63, 3.8) is 0 Å². The molecule has 5 rings (SSSR count). The summed E-state index contributed by atoms with van der Waals surface area (Å²) in [6, 6.07) is 6.36. The van der Waals surface area contributed by atoms with Crippen molar-refractivity contribution in [2.24, 2.45) is 11.8 Å². The molecule has 0 atom stereocenters. The van der Waals surface area contributed by atoms with E-state index in [1.807, 2.05) is 6.92 Å². The Kier molecular flexibility index (Phi) is 8.29. The van der Waals surface area contributed by atoms with Gasteiger partial charge in [-0.3, -0.25) is 0 Å². The number of alkyl halides is 2. The lowest BCUT2D eigenvalue weighted by molar-refractivity contribution is -0.222. The van der Waals surface area contributed by atoms with Gasteiger partial charge in [0.25, 0.3) is 0 Å². The Morgan fingerprint density at radius 1 is 0.732 bits per heavy atom. The van der Waals surface area contributed by atoms with Gasteiger partial charge in [0.1, 0.15) is 23.2 Å². The zero-order valence-electron chi connectivity index (χ0n) is 21.8. The molecule has 11 heteroatoms. The summed E-state index contributed by atoms with van der Waals surface area (Å²) in [6.07, 6.45) is -4.09. The van der Waals surface area contributed by atoms with Crippen molar-refractivity contribution >= 4 is 0 Å². The van der Waals surface area contributed by atoms with Crippen LogP contribution in [0.3, 0.4) is 0 Å². The summed E-state index contributed by atoms with van der Waals surface area (Å²) in [7, 11) is 0. The van der Waals surface area contributed by atoms with Crippen LogP contribution >= 0.6 is 0 Å². The van der Waals surface area contributed by atoms with E-state index in [4.69, 9.17) is 14.2 Å². The van der Waals surface area contributed by atoms with Crippen LogP contribution in [0.15, 0.2) is 42.5 Å². The van der Waals surface area contributed by atoms with Crippen molar-refractivity contribution in [1.29, 1.82) is 0 Å². The van der Waals surface area contributed by atoms with Crippen molar-refractivity contribution in [1.82, 2.24) is 0 Å². The smallest absolute Gasteiger partial charge is 0.400 e. The van der Waals surface area contributed by atoms with Crippen LogP contribution in [0.4, 0.5) is 35.1 Å². The van der Waals surface area contributed by atoms with Gasteiger partial charge in [0.05, 0.1) is 24.7 Å². The van der Waals surface area contributed by atoms with Crippen molar-refractivity contribution in [3.8, 4) is 16.9 Å². The minimum absolute atomic E-state index is 0.0389. The fourth-order valence-corrected chi connectivity index (χ4v) is 5.38.